The Labute approximate surface area is 106 Å². The van der Waals surface area contributed by atoms with E-state index in [4.69, 9.17) is 4.74 Å². The van der Waals surface area contributed by atoms with Crippen LogP contribution in [0.5, 0.6) is 0 Å². The predicted molar refractivity (Wildman–Crippen MR) is 70.0 cm³/mol. The Kier molecular flexibility index (Phi) is 3.84. The van der Waals surface area contributed by atoms with Gasteiger partial charge in [0.15, 0.2) is 0 Å². The van der Waals surface area contributed by atoms with E-state index in [1.165, 1.54) is 19.3 Å². The van der Waals surface area contributed by atoms with Crippen LogP contribution >= 0.6 is 0 Å². The van der Waals surface area contributed by atoms with Gasteiger partial charge in [-0.05, 0) is 43.4 Å². The van der Waals surface area contributed by atoms with Gasteiger partial charge in [0, 0.05) is 0 Å². The zero-order valence-electron chi connectivity index (χ0n) is 11.7. The Morgan fingerprint density at radius 1 is 1.35 bits per heavy atom. The summed E-state index contributed by atoms with van der Waals surface area (Å²) in [7, 11) is 0. The highest BCUT2D eigenvalue weighted by molar-refractivity contribution is 5.01. The molecule has 2 nitrogen and oxygen atoms in total. The van der Waals surface area contributed by atoms with Gasteiger partial charge in [0.2, 0.25) is 0 Å². The van der Waals surface area contributed by atoms with Crippen LogP contribution < -0.4 is 0 Å². The van der Waals surface area contributed by atoms with Gasteiger partial charge in [-0.1, -0.05) is 33.6 Å². The molecule has 100 valence electrons. The lowest BCUT2D eigenvalue weighted by Crippen LogP contribution is -2.53. The van der Waals surface area contributed by atoms with Crippen LogP contribution in [-0.4, -0.2) is 23.4 Å². The van der Waals surface area contributed by atoms with E-state index in [0.717, 1.165) is 32.3 Å². The topological polar surface area (TPSA) is 32.8 Å². The fraction of sp³-hybridized carbons (Fsp3) is 1.00. The zero-order valence-corrected chi connectivity index (χ0v) is 11.7. The van der Waals surface area contributed by atoms with Crippen molar-refractivity contribution >= 4 is 0 Å². The maximum atomic E-state index is 11.2. The van der Waals surface area contributed by atoms with Crippen molar-refractivity contribution in [2.45, 2.75) is 77.4 Å². The molecule has 2 heteroatoms. The summed E-state index contributed by atoms with van der Waals surface area (Å²) < 4.78 is 5.25. The third-order valence-electron chi connectivity index (χ3n) is 5.18. The molecule has 1 saturated heterocycles. The van der Waals surface area contributed by atoms with Crippen LogP contribution in [-0.2, 0) is 4.74 Å². The summed E-state index contributed by atoms with van der Waals surface area (Å²) >= 11 is 0. The summed E-state index contributed by atoms with van der Waals surface area (Å²) in [5, 5.41) is 11.2. The summed E-state index contributed by atoms with van der Waals surface area (Å²) in [6.45, 7) is 7.67. The van der Waals surface area contributed by atoms with Gasteiger partial charge in [0.1, 0.15) is 0 Å². The smallest absolute Gasteiger partial charge is 0.0810 e. The largest absolute Gasteiger partial charge is 0.389 e. The standard InChI is InChI=1S/C15H28O2/c1-4-12-7-5-9-14(2,3)15(12,16)10-6-8-13-11-17-13/h12-13,16H,4-11H2,1-3H3. The molecule has 1 aliphatic heterocycles. The fourth-order valence-electron chi connectivity index (χ4n) is 3.72. The van der Waals surface area contributed by atoms with Gasteiger partial charge in [-0.2, -0.15) is 0 Å². The molecule has 0 bridgehead atoms. The van der Waals surface area contributed by atoms with E-state index in [1.807, 2.05) is 0 Å². The monoisotopic (exact) mass is 240 g/mol. The molecule has 0 aromatic rings. The first-order valence-corrected chi connectivity index (χ1v) is 7.33. The van der Waals surface area contributed by atoms with Crippen molar-refractivity contribution in [3.05, 3.63) is 0 Å². The maximum absolute atomic E-state index is 11.2. The minimum atomic E-state index is -0.450. The van der Waals surface area contributed by atoms with Crippen molar-refractivity contribution in [1.29, 1.82) is 0 Å². The number of hydrogen-bond acceptors (Lipinski definition) is 2. The van der Waals surface area contributed by atoms with Gasteiger partial charge >= 0.3 is 0 Å². The first-order chi connectivity index (χ1) is 7.99. The lowest BCUT2D eigenvalue weighted by Gasteiger charge is -2.52. The van der Waals surface area contributed by atoms with Crippen LogP contribution in [0.1, 0.15) is 65.7 Å². The molecule has 1 aliphatic carbocycles. The average molecular weight is 240 g/mol. The van der Waals surface area contributed by atoms with Crippen molar-refractivity contribution in [1.82, 2.24) is 0 Å². The van der Waals surface area contributed by atoms with Crippen LogP contribution in [0.15, 0.2) is 0 Å². The molecule has 0 aromatic heterocycles. The quantitative estimate of drug-likeness (QED) is 0.746. The summed E-state index contributed by atoms with van der Waals surface area (Å²) in [5.74, 6) is 0.492. The van der Waals surface area contributed by atoms with E-state index in [0.29, 0.717) is 12.0 Å². The van der Waals surface area contributed by atoms with Crippen molar-refractivity contribution in [2.75, 3.05) is 6.61 Å². The Morgan fingerprint density at radius 3 is 2.65 bits per heavy atom. The average Bonchev–Trinajstić information content (AvgIpc) is 3.06. The maximum Gasteiger partial charge on any atom is 0.0810 e. The van der Waals surface area contributed by atoms with Crippen LogP contribution in [0.25, 0.3) is 0 Å². The van der Waals surface area contributed by atoms with Crippen LogP contribution in [0.2, 0.25) is 0 Å². The van der Waals surface area contributed by atoms with Crippen LogP contribution in [0.4, 0.5) is 0 Å². The highest BCUT2D eigenvalue weighted by Crippen LogP contribution is 2.50. The number of hydrogen-bond donors (Lipinski definition) is 1. The lowest BCUT2D eigenvalue weighted by molar-refractivity contribution is -0.145. The molecule has 3 atom stereocenters. The molecule has 1 saturated carbocycles. The van der Waals surface area contributed by atoms with Gasteiger partial charge in [-0.15, -0.1) is 0 Å². The molecular weight excluding hydrogens is 212 g/mol. The first kappa shape index (κ1) is 13.4. The third-order valence-corrected chi connectivity index (χ3v) is 5.18. The van der Waals surface area contributed by atoms with E-state index < -0.39 is 5.60 Å². The molecule has 2 fully saturated rings. The first-order valence-electron chi connectivity index (χ1n) is 7.33. The molecule has 1 heterocycles. The summed E-state index contributed by atoms with van der Waals surface area (Å²) in [6, 6.07) is 0. The molecule has 0 radical (unpaired) electrons. The van der Waals surface area contributed by atoms with Crippen molar-refractivity contribution in [3.8, 4) is 0 Å². The SMILES string of the molecule is CCC1CCCC(C)(C)C1(O)CCCC1CO1. The molecule has 2 aliphatic rings. The molecule has 0 aromatic carbocycles. The minimum Gasteiger partial charge on any atom is -0.389 e. The van der Waals surface area contributed by atoms with Gasteiger partial charge in [0.05, 0.1) is 18.3 Å². The Hall–Kier alpha value is -0.0800. The Morgan fingerprint density at radius 2 is 2.06 bits per heavy atom. The molecule has 17 heavy (non-hydrogen) atoms. The lowest BCUT2D eigenvalue weighted by atomic mass is 9.58. The minimum absolute atomic E-state index is 0.0797. The molecule has 1 N–H and O–H groups in total. The van der Waals surface area contributed by atoms with Gasteiger partial charge in [0.25, 0.3) is 0 Å². The third kappa shape index (κ3) is 2.68. The van der Waals surface area contributed by atoms with Gasteiger partial charge < -0.3 is 9.84 Å². The van der Waals surface area contributed by atoms with E-state index in [9.17, 15) is 5.11 Å². The normalized spacial score (nSPS) is 40.2. The van der Waals surface area contributed by atoms with E-state index in [2.05, 4.69) is 20.8 Å². The van der Waals surface area contributed by atoms with E-state index >= 15 is 0 Å². The molecular formula is C15H28O2. The zero-order chi connectivity index (χ0) is 12.5. The Balaban J connectivity index is 1.98. The van der Waals surface area contributed by atoms with E-state index in [1.54, 1.807) is 0 Å². The number of ether oxygens (including phenoxy) is 1. The highest BCUT2D eigenvalue weighted by atomic mass is 16.6. The van der Waals surface area contributed by atoms with Crippen LogP contribution in [0.3, 0.4) is 0 Å². The highest BCUT2D eigenvalue weighted by Gasteiger charge is 2.49. The van der Waals surface area contributed by atoms with Gasteiger partial charge in [-0.25, -0.2) is 0 Å². The summed E-state index contributed by atoms with van der Waals surface area (Å²) in [4.78, 5) is 0. The summed E-state index contributed by atoms with van der Waals surface area (Å²) in [6.07, 6.45) is 8.47. The Bertz CT molecular complexity index is 258. The molecule has 3 unspecified atom stereocenters. The van der Waals surface area contributed by atoms with E-state index in [-0.39, 0.29) is 5.41 Å². The molecule has 0 amide bonds. The van der Waals surface area contributed by atoms with Gasteiger partial charge in [-0.3, -0.25) is 0 Å². The second-order valence-electron chi connectivity index (χ2n) is 6.65. The van der Waals surface area contributed by atoms with Crippen LogP contribution in [0, 0.1) is 11.3 Å². The summed E-state index contributed by atoms with van der Waals surface area (Å²) in [5.41, 5.74) is -0.370. The number of aliphatic hydroxyl groups is 1. The molecule has 0 spiro atoms. The number of epoxide rings is 1. The second kappa shape index (κ2) is 4.89. The molecule has 2 rings (SSSR count). The fourth-order valence-corrected chi connectivity index (χ4v) is 3.72. The predicted octanol–water partition coefficient (Wildman–Crippen LogP) is 3.52. The van der Waals surface area contributed by atoms with Crippen molar-refractivity contribution in [3.63, 3.8) is 0 Å². The number of rotatable bonds is 5. The second-order valence-corrected chi connectivity index (χ2v) is 6.65. The van der Waals surface area contributed by atoms with Crippen molar-refractivity contribution in [2.24, 2.45) is 11.3 Å². The van der Waals surface area contributed by atoms with Crippen molar-refractivity contribution < 1.29 is 9.84 Å².